The molecule has 128 valence electrons. The van der Waals surface area contributed by atoms with Gasteiger partial charge in [0.2, 0.25) is 5.91 Å². The maximum atomic E-state index is 12.8. The molecule has 0 saturated heterocycles. The third-order valence-electron chi connectivity index (χ3n) is 4.42. The van der Waals surface area contributed by atoms with Gasteiger partial charge in [0.25, 0.3) is 0 Å². The van der Waals surface area contributed by atoms with Crippen LogP contribution in [-0.2, 0) is 11.3 Å². The van der Waals surface area contributed by atoms with E-state index in [4.69, 9.17) is 4.98 Å². The highest BCUT2D eigenvalue weighted by atomic mass is 32.2. The Labute approximate surface area is 151 Å². The fourth-order valence-electron chi connectivity index (χ4n) is 2.96. The van der Waals surface area contributed by atoms with Crippen LogP contribution >= 0.6 is 11.8 Å². The molecule has 1 saturated carbocycles. The lowest BCUT2D eigenvalue weighted by Gasteiger charge is -2.17. The molecule has 2 aromatic carbocycles. The van der Waals surface area contributed by atoms with Crippen molar-refractivity contribution in [2.24, 2.45) is 0 Å². The largest absolute Gasteiger partial charge is 0.352 e. The van der Waals surface area contributed by atoms with Gasteiger partial charge in [-0.05, 0) is 37.5 Å². The van der Waals surface area contributed by atoms with Gasteiger partial charge in [0.1, 0.15) is 5.25 Å². The average Bonchev–Trinajstić information content (AvgIpc) is 3.38. The molecule has 1 fully saturated rings. The predicted octanol–water partition coefficient (Wildman–Crippen LogP) is 4.17. The molecule has 0 aliphatic heterocycles. The van der Waals surface area contributed by atoms with Crippen molar-refractivity contribution in [3.63, 3.8) is 0 Å². The van der Waals surface area contributed by atoms with E-state index < -0.39 is 0 Å². The molecule has 0 bridgehead atoms. The molecule has 1 amide bonds. The van der Waals surface area contributed by atoms with Gasteiger partial charge in [0.15, 0.2) is 5.16 Å². The molecule has 1 heterocycles. The van der Waals surface area contributed by atoms with E-state index in [9.17, 15) is 4.79 Å². The number of para-hydroxylation sites is 2. The Hall–Kier alpha value is -2.27. The zero-order valence-electron chi connectivity index (χ0n) is 14.2. The molecule has 5 heteroatoms. The third kappa shape index (κ3) is 3.42. The van der Waals surface area contributed by atoms with Gasteiger partial charge < -0.3 is 9.88 Å². The first-order chi connectivity index (χ1) is 12.3. The SMILES string of the molecule is CCn1c(S[C@H](C(=O)NC2CC2)c2ccccc2)nc2ccccc21. The minimum atomic E-state index is -0.288. The van der Waals surface area contributed by atoms with Gasteiger partial charge in [-0.15, -0.1) is 0 Å². The van der Waals surface area contributed by atoms with Gasteiger partial charge in [-0.3, -0.25) is 4.79 Å². The van der Waals surface area contributed by atoms with E-state index in [0.717, 1.165) is 41.1 Å². The molecule has 4 nitrogen and oxygen atoms in total. The molecule has 1 aliphatic carbocycles. The standard InChI is InChI=1S/C20H21N3OS/c1-2-23-17-11-7-6-10-16(17)22-20(23)25-18(14-8-4-3-5-9-14)19(24)21-15-12-13-15/h3-11,15,18H,2,12-13H2,1H3,(H,21,24)/t18-/m0/s1. The number of carbonyl (C=O) groups excluding carboxylic acids is 1. The van der Waals surface area contributed by atoms with Crippen molar-refractivity contribution >= 4 is 28.7 Å². The van der Waals surface area contributed by atoms with Crippen LogP contribution in [0, 0.1) is 0 Å². The van der Waals surface area contributed by atoms with Gasteiger partial charge >= 0.3 is 0 Å². The van der Waals surface area contributed by atoms with Gasteiger partial charge in [0, 0.05) is 12.6 Å². The molecule has 1 atom stereocenters. The number of hydrogen-bond donors (Lipinski definition) is 1. The number of aryl methyl sites for hydroxylation is 1. The molecule has 0 unspecified atom stereocenters. The lowest BCUT2D eigenvalue weighted by molar-refractivity contribution is -0.120. The highest BCUT2D eigenvalue weighted by Crippen LogP contribution is 2.37. The van der Waals surface area contributed by atoms with Crippen molar-refractivity contribution in [1.82, 2.24) is 14.9 Å². The first-order valence-corrected chi connectivity index (χ1v) is 9.61. The van der Waals surface area contributed by atoms with E-state index in [1.54, 1.807) is 0 Å². The average molecular weight is 351 g/mol. The number of benzene rings is 2. The summed E-state index contributed by atoms with van der Waals surface area (Å²) in [5, 5.41) is 3.75. The second-order valence-electron chi connectivity index (χ2n) is 6.32. The Kier molecular flexibility index (Phi) is 4.49. The molecule has 4 rings (SSSR count). The fraction of sp³-hybridized carbons (Fsp3) is 0.300. The quantitative estimate of drug-likeness (QED) is 0.678. The predicted molar refractivity (Wildman–Crippen MR) is 102 cm³/mol. The summed E-state index contributed by atoms with van der Waals surface area (Å²) in [5.74, 6) is 0.0772. The number of amides is 1. The summed E-state index contributed by atoms with van der Waals surface area (Å²) in [6.45, 7) is 2.94. The summed E-state index contributed by atoms with van der Waals surface area (Å²) >= 11 is 1.54. The summed E-state index contributed by atoms with van der Waals surface area (Å²) in [5.41, 5.74) is 3.10. The number of rotatable bonds is 6. The van der Waals surface area contributed by atoms with Gasteiger partial charge in [-0.2, -0.15) is 0 Å². The van der Waals surface area contributed by atoms with Crippen LogP contribution in [0.3, 0.4) is 0 Å². The Morgan fingerprint density at radius 1 is 1.20 bits per heavy atom. The van der Waals surface area contributed by atoms with Crippen molar-refractivity contribution in [1.29, 1.82) is 0 Å². The normalized spacial score (nSPS) is 15.2. The van der Waals surface area contributed by atoms with Crippen molar-refractivity contribution in [3.05, 3.63) is 60.2 Å². The summed E-state index contributed by atoms with van der Waals surface area (Å²) in [4.78, 5) is 17.6. The number of thioether (sulfide) groups is 1. The molecule has 0 radical (unpaired) electrons. The monoisotopic (exact) mass is 351 g/mol. The lowest BCUT2D eigenvalue weighted by atomic mass is 10.1. The summed E-state index contributed by atoms with van der Waals surface area (Å²) in [7, 11) is 0. The van der Waals surface area contributed by atoms with Crippen LogP contribution in [-0.4, -0.2) is 21.5 Å². The van der Waals surface area contributed by atoms with Gasteiger partial charge in [0.05, 0.1) is 11.0 Å². The summed E-state index contributed by atoms with van der Waals surface area (Å²) < 4.78 is 2.18. The number of nitrogens with one attached hydrogen (secondary N) is 1. The van der Waals surface area contributed by atoms with E-state index in [0.29, 0.717) is 6.04 Å². The molecule has 1 N–H and O–H groups in total. The van der Waals surface area contributed by atoms with Crippen molar-refractivity contribution in [3.8, 4) is 0 Å². The highest BCUT2D eigenvalue weighted by Gasteiger charge is 2.30. The Bertz CT molecular complexity index is 886. The summed E-state index contributed by atoms with van der Waals surface area (Å²) in [6, 6.07) is 18.5. The van der Waals surface area contributed by atoms with Crippen LogP contribution < -0.4 is 5.32 Å². The van der Waals surface area contributed by atoms with Crippen molar-refractivity contribution in [2.75, 3.05) is 0 Å². The number of aromatic nitrogens is 2. The Balaban J connectivity index is 1.69. The minimum absolute atomic E-state index is 0.0772. The lowest BCUT2D eigenvalue weighted by Crippen LogP contribution is -2.29. The second kappa shape index (κ2) is 6.92. The maximum absolute atomic E-state index is 12.8. The van der Waals surface area contributed by atoms with E-state index in [1.807, 2.05) is 48.5 Å². The minimum Gasteiger partial charge on any atom is -0.352 e. The molecular formula is C20H21N3OS. The number of fused-ring (bicyclic) bond motifs is 1. The van der Waals surface area contributed by atoms with E-state index in [2.05, 4.69) is 22.9 Å². The maximum Gasteiger partial charge on any atom is 0.238 e. The van der Waals surface area contributed by atoms with Crippen LogP contribution in [0.5, 0.6) is 0 Å². The molecule has 1 aliphatic rings. The third-order valence-corrected chi connectivity index (χ3v) is 5.67. The number of carbonyl (C=O) groups is 1. The van der Waals surface area contributed by atoms with E-state index >= 15 is 0 Å². The van der Waals surface area contributed by atoms with Crippen LogP contribution in [0.25, 0.3) is 11.0 Å². The van der Waals surface area contributed by atoms with E-state index in [1.165, 1.54) is 11.8 Å². The molecule has 0 spiro atoms. The topological polar surface area (TPSA) is 46.9 Å². The highest BCUT2D eigenvalue weighted by molar-refractivity contribution is 8.00. The molecule has 25 heavy (non-hydrogen) atoms. The number of nitrogens with zero attached hydrogens (tertiary/aromatic N) is 2. The number of imidazole rings is 1. The molecule has 1 aromatic heterocycles. The van der Waals surface area contributed by atoms with Gasteiger partial charge in [-0.1, -0.05) is 54.2 Å². The van der Waals surface area contributed by atoms with Crippen LogP contribution in [0.4, 0.5) is 0 Å². The summed E-state index contributed by atoms with van der Waals surface area (Å²) in [6.07, 6.45) is 2.18. The van der Waals surface area contributed by atoms with Crippen LogP contribution in [0.1, 0.15) is 30.6 Å². The van der Waals surface area contributed by atoms with E-state index in [-0.39, 0.29) is 11.2 Å². The second-order valence-corrected chi connectivity index (χ2v) is 7.39. The van der Waals surface area contributed by atoms with Crippen molar-refractivity contribution in [2.45, 2.75) is 42.8 Å². The smallest absolute Gasteiger partial charge is 0.238 e. The Morgan fingerprint density at radius 3 is 2.64 bits per heavy atom. The first kappa shape index (κ1) is 16.2. The fourth-order valence-corrected chi connectivity index (χ4v) is 4.14. The first-order valence-electron chi connectivity index (χ1n) is 8.73. The zero-order chi connectivity index (χ0) is 17.2. The van der Waals surface area contributed by atoms with Gasteiger partial charge in [-0.25, -0.2) is 4.98 Å². The number of hydrogen-bond acceptors (Lipinski definition) is 3. The molecule has 3 aromatic rings. The van der Waals surface area contributed by atoms with Crippen molar-refractivity contribution < 1.29 is 4.79 Å². The molecular weight excluding hydrogens is 330 g/mol. The van der Waals surface area contributed by atoms with Crippen LogP contribution in [0.15, 0.2) is 59.8 Å². The zero-order valence-corrected chi connectivity index (χ0v) is 15.0. The van der Waals surface area contributed by atoms with Crippen LogP contribution in [0.2, 0.25) is 0 Å². The Morgan fingerprint density at radius 2 is 1.92 bits per heavy atom.